The third kappa shape index (κ3) is 4.25. The largest absolute Gasteiger partial charge is 0.394 e. The minimum Gasteiger partial charge on any atom is -0.394 e. The summed E-state index contributed by atoms with van der Waals surface area (Å²) in [4.78, 5) is 12.1. The molecule has 4 heteroatoms. The first-order chi connectivity index (χ1) is 8.53. The van der Waals surface area contributed by atoms with Gasteiger partial charge in [0.25, 0.3) is 0 Å². The fourth-order valence-corrected chi connectivity index (χ4v) is 2.90. The lowest BCUT2D eigenvalue weighted by molar-refractivity contribution is -0.128. The molecule has 4 nitrogen and oxygen atoms in total. The average molecular weight is 256 g/mol. The van der Waals surface area contributed by atoms with Crippen LogP contribution in [0.4, 0.5) is 0 Å². The van der Waals surface area contributed by atoms with Crippen molar-refractivity contribution in [3.63, 3.8) is 0 Å². The Hall–Kier alpha value is -0.610. The van der Waals surface area contributed by atoms with Gasteiger partial charge >= 0.3 is 0 Å². The highest BCUT2D eigenvalue weighted by molar-refractivity contribution is 5.79. The molecule has 1 saturated carbocycles. The summed E-state index contributed by atoms with van der Waals surface area (Å²) in [6, 6.07) is 0. The summed E-state index contributed by atoms with van der Waals surface area (Å²) in [7, 11) is 0. The molecule has 0 saturated heterocycles. The molecule has 0 aromatic heterocycles. The van der Waals surface area contributed by atoms with Crippen molar-refractivity contribution in [1.82, 2.24) is 5.32 Å². The first-order valence-electron chi connectivity index (χ1n) is 7.16. The second kappa shape index (κ2) is 7.10. The third-order valence-electron chi connectivity index (χ3n) is 4.07. The average Bonchev–Trinajstić information content (AvgIpc) is 2.35. The number of amides is 1. The Balaban J connectivity index is 2.53. The predicted octanol–water partition coefficient (Wildman–Crippen LogP) is 1.42. The molecular formula is C14H28N2O2. The topological polar surface area (TPSA) is 75.3 Å². The summed E-state index contributed by atoms with van der Waals surface area (Å²) in [5.41, 5.74) is 5.08. The van der Waals surface area contributed by atoms with Gasteiger partial charge in [-0.2, -0.15) is 0 Å². The van der Waals surface area contributed by atoms with Crippen LogP contribution in [0.2, 0.25) is 0 Å². The van der Waals surface area contributed by atoms with Crippen molar-refractivity contribution in [3.8, 4) is 0 Å². The first kappa shape index (κ1) is 15.4. The molecule has 1 rings (SSSR count). The van der Waals surface area contributed by atoms with E-state index in [0.29, 0.717) is 12.5 Å². The highest BCUT2D eigenvalue weighted by atomic mass is 16.3. The van der Waals surface area contributed by atoms with Crippen molar-refractivity contribution in [1.29, 1.82) is 0 Å². The minimum absolute atomic E-state index is 0.0193. The molecule has 106 valence electrons. The SMILES string of the molecule is CC1CCCC(CO)(NC(=O)C(C)CCCN)C1. The highest BCUT2D eigenvalue weighted by Gasteiger charge is 2.36. The highest BCUT2D eigenvalue weighted by Crippen LogP contribution is 2.32. The molecule has 0 spiro atoms. The summed E-state index contributed by atoms with van der Waals surface area (Å²) in [6.45, 7) is 4.79. The first-order valence-corrected chi connectivity index (χ1v) is 7.16. The van der Waals surface area contributed by atoms with Gasteiger partial charge in [0.15, 0.2) is 0 Å². The third-order valence-corrected chi connectivity index (χ3v) is 4.07. The molecule has 3 atom stereocenters. The number of aliphatic hydroxyl groups is 1. The van der Waals surface area contributed by atoms with Crippen LogP contribution < -0.4 is 11.1 Å². The number of hydrogen-bond donors (Lipinski definition) is 3. The molecule has 1 amide bonds. The van der Waals surface area contributed by atoms with Crippen LogP contribution in [-0.2, 0) is 4.79 Å². The van der Waals surface area contributed by atoms with Crippen LogP contribution >= 0.6 is 0 Å². The van der Waals surface area contributed by atoms with Crippen LogP contribution in [0.15, 0.2) is 0 Å². The molecule has 3 unspecified atom stereocenters. The zero-order valence-electron chi connectivity index (χ0n) is 11.7. The van der Waals surface area contributed by atoms with Gasteiger partial charge < -0.3 is 16.2 Å². The maximum atomic E-state index is 12.1. The monoisotopic (exact) mass is 256 g/mol. The summed E-state index contributed by atoms with van der Waals surface area (Å²) in [5.74, 6) is 0.617. The lowest BCUT2D eigenvalue weighted by Crippen LogP contribution is -2.55. The van der Waals surface area contributed by atoms with Crippen molar-refractivity contribution in [2.45, 2.75) is 57.9 Å². The van der Waals surface area contributed by atoms with Crippen molar-refractivity contribution >= 4 is 5.91 Å². The molecule has 0 aliphatic heterocycles. The molecule has 0 aromatic carbocycles. The van der Waals surface area contributed by atoms with Crippen LogP contribution in [0.3, 0.4) is 0 Å². The van der Waals surface area contributed by atoms with Gasteiger partial charge in [-0.25, -0.2) is 0 Å². The van der Waals surface area contributed by atoms with Crippen molar-refractivity contribution in [2.24, 2.45) is 17.6 Å². The number of aliphatic hydroxyl groups excluding tert-OH is 1. The standard InChI is InChI=1S/C14H28N2O2/c1-11-5-3-7-14(9-11,10-17)16-13(18)12(2)6-4-8-15/h11-12,17H,3-10,15H2,1-2H3,(H,16,18). The van der Waals surface area contributed by atoms with Gasteiger partial charge in [0.05, 0.1) is 12.1 Å². The number of nitrogens with one attached hydrogen (secondary N) is 1. The minimum atomic E-state index is -0.383. The molecule has 0 aromatic rings. The van der Waals surface area contributed by atoms with E-state index in [-0.39, 0.29) is 24.0 Å². The Morgan fingerprint density at radius 3 is 2.89 bits per heavy atom. The maximum absolute atomic E-state index is 12.1. The van der Waals surface area contributed by atoms with Crippen LogP contribution in [0.25, 0.3) is 0 Å². The van der Waals surface area contributed by atoms with E-state index >= 15 is 0 Å². The van der Waals surface area contributed by atoms with Gasteiger partial charge in [-0.05, 0) is 38.1 Å². The molecule has 0 bridgehead atoms. The quantitative estimate of drug-likeness (QED) is 0.673. The second-order valence-corrected chi connectivity index (χ2v) is 5.96. The van der Waals surface area contributed by atoms with E-state index in [4.69, 9.17) is 5.73 Å². The number of hydrogen-bond acceptors (Lipinski definition) is 3. The Labute approximate surface area is 110 Å². The summed E-state index contributed by atoms with van der Waals surface area (Å²) in [5, 5.41) is 12.7. The van der Waals surface area contributed by atoms with E-state index < -0.39 is 0 Å². The zero-order chi connectivity index (χ0) is 13.6. The molecule has 1 aliphatic rings. The lowest BCUT2D eigenvalue weighted by Gasteiger charge is -2.40. The summed E-state index contributed by atoms with van der Waals surface area (Å²) < 4.78 is 0. The van der Waals surface area contributed by atoms with Gasteiger partial charge in [0.2, 0.25) is 5.91 Å². The lowest BCUT2D eigenvalue weighted by atomic mass is 9.76. The number of nitrogens with two attached hydrogens (primary N) is 1. The molecule has 18 heavy (non-hydrogen) atoms. The Morgan fingerprint density at radius 1 is 1.61 bits per heavy atom. The van der Waals surface area contributed by atoms with Crippen LogP contribution in [0, 0.1) is 11.8 Å². The van der Waals surface area contributed by atoms with Gasteiger partial charge in [-0.3, -0.25) is 4.79 Å². The predicted molar refractivity (Wildman–Crippen MR) is 73.0 cm³/mol. The van der Waals surface area contributed by atoms with Crippen LogP contribution in [-0.4, -0.2) is 29.7 Å². The van der Waals surface area contributed by atoms with Crippen molar-refractivity contribution in [3.05, 3.63) is 0 Å². The fourth-order valence-electron chi connectivity index (χ4n) is 2.90. The van der Waals surface area contributed by atoms with E-state index in [0.717, 1.165) is 32.1 Å². The van der Waals surface area contributed by atoms with Crippen LogP contribution in [0.5, 0.6) is 0 Å². The molecule has 4 N–H and O–H groups in total. The van der Waals surface area contributed by atoms with Gasteiger partial charge in [0, 0.05) is 5.92 Å². The van der Waals surface area contributed by atoms with E-state index in [2.05, 4.69) is 12.2 Å². The molecule has 1 aliphatic carbocycles. The van der Waals surface area contributed by atoms with E-state index in [9.17, 15) is 9.90 Å². The molecule has 1 fully saturated rings. The maximum Gasteiger partial charge on any atom is 0.223 e. The Bertz CT molecular complexity index is 271. The smallest absolute Gasteiger partial charge is 0.223 e. The Morgan fingerprint density at radius 2 is 2.33 bits per heavy atom. The molecular weight excluding hydrogens is 228 g/mol. The van der Waals surface area contributed by atoms with E-state index in [1.807, 2.05) is 6.92 Å². The van der Waals surface area contributed by atoms with Gasteiger partial charge in [0.1, 0.15) is 0 Å². The van der Waals surface area contributed by atoms with Gasteiger partial charge in [-0.1, -0.05) is 26.7 Å². The number of carbonyl (C=O) groups excluding carboxylic acids is 1. The van der Waals surface area contributed by atoms with Crippen molar-refractivity contribution < 1.29 is 9.90 Å². The van der Waals surface area contributed by atoms with Crippen molar-refractivity contribution in [2.75, 3.05) is 13.2 Å². The second-order valence-electron chi connectivity index (χ2n) is 5.96. The molecule has 0 heterocycles. The van der Waals surface area contributed by atoms with E-state index in [1.165, 1.54) is 6.42 Å². The number of rotatable bonds is 6. The normalized spacial score (nSPS) is 29.9. The summed E-state index contributed by atoms with van der Waals surface area (Å²) in [6.07, 6.45) is 5.75. The number of carbonyl (C=O) groups is 1. The van der Waals surface area contributed by atoms with Crippen LogP contribution in [0.1, 0.15) is 52.4 Å². The Kier molecular flexibility index (Phi) is 6.09. The molecule has 0 radical (unpaired) electrons. The summed E-state index contributed by atoms with van der Waals surface area (Å²) >= 11 is 0. The van der Waals surface area contributed by atoms with E-state index in [1.54, 1.807) is 0 Å². The van der Waals surface area contributed by atoms with Gasteiger partial charge in [-0.15, -0.1) is 0 Å². The fraction of sp³-hybridized carbons (Fsp3) is 0.929. The zero-order valence-corrected chi connectivity index (χ0v) is 11.7.